The third kappa shape index (κ3) is 8.40. The van der Waals surface area contributed by atoms with Crippen LogP contribution in [0, 0.1) is 34.6 Å². The van der Waals surface area contributed by atoms with E-state index in [9.17, 15) is 0 Å². The van der Waals surface area contributed by atoms with E-state index in [4.69, 9.17) is 0 Å². The molecule has 0 N–H and O–H groups in total. The van der Waals surface area contributed by atoms with Gasteiger partial charge in [-0.25, -0.2) is 0 Å². The zero-order valence-corrected chi connectivity index (χ0v) is 32.9. The van der Waals surface area contributed by atoms with Crippen LogP contribution >= 0.6 is 0 Å². The van der Waals surface area contributed by atoms with Crippen LogP contribution in [0.1, 0.15) is 62.6 Å². The highest BCUT2D eigenvalue weighted by Gasteiger charge is 2.18. The maximum Gasteiger partial charge on any atom is 0.0522 e. The molecule has 0 aliphatic heterocycles. The van der Waals surface area contributed by atoms with Crippen LogP contribution < -0.4 is 9.80 Å². The Morgan fingerprint density at radius 3 is 1.15 bits per heavy atom. The van der Waals surface area contributed by atoms with Crippen molar-refractivity contribution in [1.29, 1.82) is 0 Å². The molecule has 0 bridgehead atoms. The zero-order chi connectivity index (χ0) is 38.3. The van der Waals surface area contributed by atoms with Crippen molar-refractivity contribution < 1.29 is 0 Å². The Hall–Kier alpha value is -6.38. The smallest absolute Gasteiger partial charge is 0.0522 e. The van der Waals surface area contributed by atoms with Crippen LogP contribution in [0.3, 0.4) is 0 Å². The second-order valence-electron chi connectivity index (χ2n) is 14.5. The molecule has 7 rings (SSSR count). The lowest BCUT2D eigenvalue weighted by atomic mass is 10.0. The van der Waals surface area contributed by atoms with Gasteiger partial charge >= 0.3 is 0 Å². The highest BCUT2D eigenvalue weighted by Crippen LogP contribution is 2.40. The summed E-state index contributed by atoms with van der Waals surface area (Å²) >= 11 is 0. The minimum atomic E-state index is 0.972. The van der Waals surface area contributed by atoms with Crippen molar-refractivity contribution in [1.82, 2.24) is 0 Å². The fourth-order valence-corrected chi connectivity index (χ4v) is 7.34. The van der Waals surface area contributed by atoms with Gasteiger partial charge in [0, 0.05) is 22.7 Å². The van der Waals surface area contributed by atoms with Crippen molar-refractivity contribution in [3.63, 3.8) is 0 Å². The van der Waals surface area contributed by atoms with Gasteiger partial charge in [0.25, 0.3) is 0 Å². The van der Waals surface area contributed by atoms with Crippen LogP contribution in [-0.2, 0) is 6.42 Å². The maximum atomic E-state index is 2.40. The molecule has 0 unspecified atom stereocenters. The fourth-order valence-electron chi connectivity index (χ4n) is 7.34. The number of rotatable bonds is 11. The summed E-state index contributed by atoms with van der Waals surface area (Å²) in [7, 11) is 0. The molecular formula is C53H50N2. The van der Waals surface area contributed by atoms with Crippen LogP contribution in [0.4, 0.5) is 34.1 Å². The Bertz CT molecular complexity index is 2410. The summed E-state index contributed by atoms with van der Waals surface area (Å²) < 4.78 is 0. The third-order valence-corrected chi connectivity index (χ3v) is 10.4. The quantitative estimate of drug-likeness (QED) is 0.123. The van der Waals surface area contributed by atoms with Gasteiger partial charge in [-0.15, -0.1) is 0 Å². The van der Waals surface area contributed by atoms with Crippen molar-refractivity contribution in [2.75, 3.05) is 9.80 Å². The summed E-state index contributed by atoms with van der Waals surface area (Å²) in [6.07, 6.45) is 9.82. The molecule has 0 saturated heterocycles. The number of hydrogen-bond donors (Lipinski definition) is 0. The number of aryl methyl sites for hydroxylation is 6. The number of benzene rings is 7. The number of nitrogens with zero attached hydrogens (tertiary/aromatic N) is 2. The van der Waals surface area contributed by atoms with Gasteiger partial charge in [-0.3, -0.25) is 0 Å². The van der Waals surface area contributed by atoms with Crippen molar-refractivity contribution in [3.05, 3.63) is 213 Å². The van der Waals surface area contributed by atoms with Crippen molar-refractivity contribution in [2.45, 2.75) is 48.0 Å². The Balaban J connectivity index is 1.12. The molecule has 7 aromatic rings. The van der Waals surface area contributed by atoms with Gasteiger partial charge in [0.05, 0.1) is 11.4 Å². The lowest BCUT2D eigenvalue weighted by Crippen LogP contribution is -2.13. The van der Waals surface area contributed by atoms with Gasteiger partial charge in [0.15, 0.2) is 0 Å². The second-order valence-corrected chi connectivity index (χ2v) is 14.5. The first-order valence-electron chi connectivity index (χ1n) is 19.3. The third-order valence-electron chi connectivity index (χ3n) is 10.4. The molecule has 0 radical (unpaired) electrons. The molecule has 2 heteroatoms. The van der Waals surface area contributed by atoms with E-state index in [1.165, 1.54) is 61.6 Å². The molecule has 7 aromatic carbocycles. The predicted octanol–water partition coefficient (Wildman–Crippen LogP) is 15.1. The molecule has 0 aromatic heterocycles. The van der Waals surface area contributed by atoms with Gasteiger partial charge in [-0.05, 0) is 134 Å². The summed E-state index contributed by atoms with van der Waals surface area (Å²) in [6.45, 7) is 13.1. The minimum absolute atomic E-state index is 0.972. The maximum absolute atomic E-state index is 2.40. The van der Waals surface area contributed by atoms with Gasteiger partial charge in [-0.2, -0.15) is 0 Å². The largest absolute Gasteiger partial charge is 0.310 e. The van der Waals surface area contributed by atoms with Crippen LogP contribution in [0.2, 0.25) is 0 Å². The SMILES string of the molecule is CCc1cccc(C)c1N(c1ccc(C)cc1)c1ccc(C=Cc2ccccc2C=Cc2ccc(N(c3ccc(C)cc3)c3c(C)cccc3C)cc2)cc1. The molecule has 0 fully saturated rings. The fraction of sp³-hybridized carbons (Fsp3) is 0.132. The van der Waals surface area contributed by atoms with E-state index >= 15 is 0 Å². The second kappa shape index (κ2) is 16.7. The average molecular weight is 715 g/mol. The number of anilines is 6. The van der Waals surface area contributed by atoms with E-state index < -0.39 is 0 Å². The van der Waals surface area contributed by atoms with Gasteiger partial charge in [-0.1, -0.05) is 152 Å². The molecule has 0 aliphatic rings. The predicted molar refractivity (Wildman–Crippen MR) is 240 cm³/mol. The van der Waals surface area contributed by atoms with Gasteiger partial charge in [0.1, 0.15) is 0 Å². The Labute approximate surface area is 328 Å². The Kier molecular flexibility index (Phi) is 11.3. The van der Waals surface area contributed by atoms with Crippen LogP contribution in [0.15, 0.2) is 158 Å². The summed E-state index contributed by atoms with van der Waals surface area (Å²) in [5.74, 6) is 0. The Morgan fingerprint density at radius 2 is 0.727 bits per heavy atom. The van der Waals surface area contributed by atoms with E-state index in [0.717, 1.165) is 34.6 Å². The number of para-hydroxylation sites is 2. The molecule has 0 saturated carbocycles. The molecule has 55 heavy (non-hydrogen) atoms. The van der Waals surface area contributed by atoms with Crippen molar-refractivity contribution in [3.8, 4) is 0 Å². The lowest BCUT2D eigenvalue weighted by Gasteiger charge is -2.29. The molecule has 2 nitrogen and oxygen atoms in total. The molecule has 272 valence electrons. The van der Waals surface area contributed by atoms with E-state index in [-0.39, 0.29) is 0 Å². The summed E-state index contributed by atoms with van der Waals surface area (Å²) in [4.78, 5) is 4.77. The first-order valence-corrected chi connectivity index (χ1v) is 19.3. The first-order chi connectivity index (χ1) is 26.8. The Morgan fingerprint density at radius 1 is 0.364 bits per heavy atom. The summed E-state index contributed by atoms with van der Waals surface area (Å²) in [5.41, 5.74) is 19.4. The van der Waals surface area contributed by atoms with Gasteiger partial charge in [0.2, 0.25) is 0 Å². The normalized spacial score (nSPS) is 11.4. The summed E-state index contributed by atoms with van der Waals surface area (Å²) in [6, 6.07) is 57.1. The van der Waals surface area contributed by atoms with Gasteiger partial charge < -0.3 is 9.80 Å². The van der Waals surface area contributed by atoms with E-state index in [1.807, 2.05) is 0 Å². The molecule has 0 heterocycles. The average Bonchev–Trinajstić information content (AvgIpc) is 3.20. The molecule has 0 amide bonds. The topological polar surface area (TPSA) is 6.48 Å². The first kappa shape index (κ1) is 37.0. The molecule has 0 spiro atoms. The van der Waals surface area contributed by atoms with E-state index in [1.54, 1.807) is 0 Å². The summed E-state index contributed by atoms with van der Waals surface area (Å²) in [5, 5.41) is 0. The van der Waals surface area contributed by atoms with Crippen molar-refractivity contribution >= 4 is 58.4 Å². The minimum Gasteiger partial charge on any atom is -0.310 e. The monoisotopic (exact) mass is 714 g/mol. The zero-order valence-electron chi connectivity index (χ0n) is 32.9. The van der Waals surface area contributed by atoms with Crippen molar-refractivity contribution in [2.24, 2.45) is 0 Å². The standard InChI is InChI=1S/C53H50N2/c1-7-45-17-11-14-42(6)53(45)55(49-32-20-39(3)21-33-49)51-36-26-44(27-37-51)23-29-47-16-9-8-15-46(47)28-22-43-24-34-50(35-25-43)54(48-30-18-38(2)19-31-48)52-40(4)12-10-13-41(52)5/h8-37H,7H2,1-6H3. The highest BCUT2D eigenvalue weighted by molar-refractivity contribution is 5.84. The highest BCUT2D eigenvalue weighted by atomic mass is 15.2. The molecular weight excluding hydrogens is 665 g/mol. The molecule has 0 atom stereocenters. The molecule has 0 aliphatic carbocycles. The number of hydrogen-bond acceptors (Lipinski definition) is 2. The van der Waals surface area contributed by atoms with E-state index in [0.29, 0.717) is 0 Å². The lowest BCUT2D eigenvalue weighted by molar-refractivity contribution is 1.10. The van der Waals surface area contributed by atoms with Crippen LogP contribution in [0.25, 0.3) is 24.3 Å². The van der Waals surface area contributed by atoms with E-state index in [2.05, 4.69) is 233 Å². The van der Waals surface area contributed by atoms with Crippen LogP contribution in [-0.4, -0.2) is 0 Å². The van der Waals surface area contributed by atoms with Crippen LogP contribution in [0.5, 0.6) is 0 Å².